The lowest BCUT2D eigenvalue weighted by molar-refractivity contribution is -0.133. The number of rotatable bonds is 7. The van der Waals surface area contributed by atoms with Crippen molar-refractivity contribution in [2.45, 2.75) is 39.7 Å². The Morgan fingerprint density at radius 1 is 1.45 bits per heavy atom. The van der Waals surface area contributed by atoms with Crippen molar-refractivity contribution >= 4 is 23.1 Å². The fraction of sp³-hybridized carbons (Fsp3) is 0.857. The van der Waals surface area contributed by atoms with Crippen molar-refractivity contribution < 1.29 is 14.3 Å². The number of carbonyl (C=O) groups is 1. The number of nitrogens with one attached hydrogen (secondary N) is 1. The monoisotopic (exact) mass is 302 g/mol. The maximum absolute atomic E-state index is 12.6. The van der Waals surface area contributed by atoms with Gasteiger partial charge in [0.15, 0.2) is 0 Å². The first-order chi connectivity index (χ1) is 9.44. The largest absolute Gasteiger partial charge is 0.392 e. The van der Waals surface area contributed by atoms with Gasteiger partial charge in [0.1, 0.15) is 5.41 Å². The van der Waals surface area contributed by atoms with Crippen molar-refractivity contribution in [2.24, 2.45) is 17.1 Å². The van der Waals surface area contributed by atoms with Crippen molar-refractivity contribution in [1.29, 1.82) is 0 Å². The molecule has 1 aliphatic rings. The number of ether oxygens (including phenoxy) is 2. The van der Waals surface area contributed by atoms with Gasteiger partial charge in [0.2, 0.25) is 5.91 Å². The number of carbonyl (C=O) groups excluding carboxylic acids is 1. The van der Waals surface area contributed by atoms with E-state index in [-0.39, 0.29) is 22.9 Å². The van der Waals surface area contributed by atoms with Gasteiger partial charge in [-0.1, -0.05) is 26.1 Å². The van der Waals surface area contributed by atoms with Gasteiger partial charge in [-0.05, 0) is 25.7 Å². The number of thiocarbonyl (C=S) groups is 1. The lowest BCUT2D eigenvalue weighted by Crippen LogP contribution is -2.55. The average Bonchev–Trinajstić information content (AvgIpc) is 2.43. The normalized spacial score (nSPS) is 19.6. The summed E-state index contributed by atoms with van der Waals surface area (Å²) in [6.45, 7) is 8.22. The van der Waals surface area contributed by atoms with E-state index in [4.69, 9.17) is 27.4 Å². The molecule has 1 unspecified atom stereocenters. The van der Waals surface area contributed by atoms with E-state index in [1.807, 2.05) is 6.92 Å². The number of hydrogen-bond donors (Lipinski definition) is 2. The molecule has 116 valence electrons. The van der Waals surface area contributed by atoms with Gasteiger partial charge in [0.05, 0.1) is 17.6 Å². The summed E-state index contributed by atoms with van der Waals surface area (Å²) in [4.78, 5) is 12.9. The van der Waals surface area contributed by atoms with E-state index in [1.165, 1.54) is 0 Å². The van der Waals surface area contributed by atoms with Crippen LogP contribution in [0.4, 0.5) is 0 Å². The highest BCUT2D eigenvalue weighted by atomic mass is 32.1. The van der Waals surface area contributed by atoms with Crippen LogP contribution in [-0.4, -0.2) is 43.4 Å². The summed E-state index contributed by atoms with van der Waals surface area (Å²) in [7, 11) is 0. The SMILES string of the molecule is CCOCC(NC(=O)C1(C(N)=S)CCOCC1)C(C)C. The first-order valence-corrected chi connectivity index (χ1v) is 7.61. The predicted molar refractivity (Wildman–Crippen MR) is 82.5 cm³/mol. The topological polar surface area (TPSA) is 73.6 Å². The minimum atomic E-state index is -0.771. The summed E-state index contributed by atoms with van der Waals surface area (Å²) in [6, 6.07) is -0.0310. The fourth-order valence-electron chi connectivity index (χ4n) is 2.26. The molecule has 3 N–H and O–H groups in total. The Morgan fingerprint density at radius 3 is 2.50 bits per heavy atom. The number of nitrogens with two attached hydrogens (primary N) is 1. The zero-order valence-corrected chi connectivity index (χ0v) is 13.4. The molecule has 0 aliphatic carbocycles. The van der Waals surface area contributed by atoms with Gasteiger partial charge in [-0.2, -0.15) is 0 Å². The van der Waals surface area contributed by atoms with Gasteiger partial charge >= 0.3 is 0 Å². The van der Waals surface area contributed by atoms with E-state index in [9.17, 15) is 4.79 Å². The maximum atomic E-state index is 12.6. The summed E-state index contributed by atoms with van der Waals surface area (Å²) in [5, 5.41) is 3.06. The molecular weight excluding hydrogens is 276 g/mol. The number of amides is 1. The Balaban J connectivity index is 2.76. The second-order valence-corrected chi connectivity index (χ2v) is 5.98. The first kappa shape index (κ1) is 17.3. The molecule has 6 heteroatoms. The van der Waals surface area contributed by atoms with Crippen molar-refractivity contribution in [3.63, 3.8) is 0 Å². The van der Waals surface area contributed by atoms with E-state index in [2.05, 4.69) is 19.2 Å². The van der Waals surface area contributed by atoms with E-state index in [0.29, 0.717) is 39.3 Å². The smallest absolute Gasteiger partial charge is 0.233 e. The second kappa shape index (κ2) is 7.90. The molecule has 1 aliphatic heterocycles. The van der Waals surface area contributed by atoms with Crippen molar-refractivity contribution in [1.82, 2.24) is 5.32 Å². The molecule has 1 rings (SSSR count). The lowest BCUT2D eigenvalue weighted by Gasteiger charge is -2.36. The van der Waals surface area contributed by atoms with Gasteiger partial charge < -0.3 is 20.5 Å². The van der Waals surface area contributed by atoms with Crippen LogP contribution >= 0.6 is 12.2 Å². The minimum absolute atomic E-state index is 0.0310. The third kappa shape index (κ3) is 4.14. The Hall–Kier alpha value is -0.720. The zero-order valence-electron chi connectivity index (χ0n) is 12.6. The summed E-state index contributed by atoms with van der Waals surface area (Å²) >= 11 is 5.14. The highest BCUT2D eigenvalue weighted by molar-refractivity contribution is 7.80. The van der Waals surface area contributed by atoms with Crippen LogP contribution in [0.15, 0.2) is 0 Å². The highest BCUT2D eigenvalue weighted by Crippen LogP contribution is 2.31. The molecule has 1 heterocycles. The molecule has 0 radical (unpaired) electrons. The summed E-state index contributed by atoms with van der Waals surface area (Å²) in [6.07, 6.45) is 1.10. The van der Waals surface area contributed by atoms with Crippen LogP contribution in [0.1, 0.15) is 33.6 Å². The maximum Gasteiger partial charge on any atom is 0.233 e. The van der Waals surface area contributed by atoms with Crippen LogP contribution in [0.2, 0.25) is 0 Å². The Labute approximate surface area is 126 Å². The van der Waals surface area contributed by atoms with Crippen molar-refractivity contribution in [3.05, 3.63) is 0 Å². The van der Waals surface area contributed by atoms with Gasteiger partial charge in [0, 0.05) is 19.8 Å². The van der Waals surface area contributed by atoms with E-state index >= 15 is 0 Å². The Bertz CT molecular complexity index is 341. The molecule has 20 heavy (non-hydrogen) atoms. The molecule has 0 saturated carbocycles. The molecule has 0 bridgehead atoms. The third-order valence-electron chi connectivity index (χ3n) is 3.88. The molecule has 5 nitrogen and oxygen atoms in total. The van der Waals surface area contributed by atoms with Crippen LogP contribution in [0.25, 0.3) is 0 Å². The molecule has 0 spiro atoms. The molecule has 1 atom stereocenters. The van der Waals surface area contributed by atoms with Crippen LogP contribution in [0.5, 0.6) is 0 Å². The third-order valence-corrected chi connectivity index (χ3v) is 4.27. The average molecular weight is 302 g/mol. The zero-order chi connectivity index (χ0) is 15.2. The van der Waals surface area contributed by atoms with Crippen LogP contribution < -0.4 is 11.1 Å². The second-order valence-electron chi connectivity index (χ2n) is 5.54. The molecule has 1 fully saturated rings. The van der Waals surface area contributed by atoms with Gasteiger partial charge in [-0.3, -0.25) is 4.79 Å². The summed E-state index contributed by atoms with van der Waals surface area (Å²) in [5.74, 6) is 0.195. The molecule has 1 amide bonds. The molecule has 0 aromatic carbocycles. The van der Waals surface area contributed by atoms with E-state index in [1.54, 1.807) is 0 Å². The minimum Gasteiger partial charge on any atom is -0.392 e. The fourth-order valence-corrected chi connectivity index (χ4v) is 2.55. The van der Waals surface area contributed by atoms with Crippen LogP contribution in [0.3, 0.4) is 0 Å². The van der Waals surface area contributed by atoms with Gasteiger partial charge in [-0.25, -0.2) is 0 Å². The van der Waals surface area contributed by atoms with E-state index in [0.717, 1.165) is 0 Å². The first-order valence-electron chi connectivity index (χ1n) is 7.20. The summed E-state index contributed by atoms with van der Waals surface area (Å²) < 4.78 is 10.8. The Morgan fingerprint density at radius 2 is 2.05 bits per heavy atom. The van der Waals surface area contributed by atoms with Crippen molar-refractivity contribution in [2.75, 3.05) is 26.4 Å². The summed E-state index contributed by atoms with van der Waals surface area (Å²) in [5.41, 5.74) is 5.07. The van der Waals surface area contributed by atoms with Crippen LogP contribution in [-0.2, 0) is 14.3 Å². The quantitative estimate of drug-likeness (QED) is 0.692. The van der Waals surface area contributed by atoms with Gasteiger partial charge in [-0.15, -0.1) is 0 Å². The van der Waals surface area contributed by atoms with Crippen LogP contribution in [0, 0.1) is 11.3 Å². The highest BCUT2D eigenvalue weighted by Gasteiger charge is 2.43. The molecule has 0 aromatic rings. The van der Waals surface area contributed by atoms with E-state index < -0.39 is 5.41 Å². The molecular formula is C14H26N2O3S. The standard InChI is InChI=1S/C14H26N2O3S/c1-4-18-9-11(10(2)3)16-13(17)14(12(15)20)5-7-19-8-6-14/h10-11H,4-9H2,1-3H3,(H2,15,20)(H,16,17). The Kier molecular flexibility index (Phi) is 6.85. The van der Waals surface area contributed by atoms with Gasteiger partial charge in [0.25, 0.3) is 0 Å². The van der Waals surface area contributed by atoms with Crippen molar-refractivity contribution in [3.8, 4) is 0 Å². The molecule has 1 saturated heterocycles. The lowest BCUT2D eigenvalue weighted by atomic mass is 9.78. The number of hydrogen-bond acceptors (Lipinski definition) is 4. The predicted octanol–water partition coefficient (Wildman–Crippen LogP) is 1.25. The molecule has 0 aromatic heterocycles.